The molecule has 118 valence electrons. The lowest BCUT2D eigenvalue weighted by molar-refractivity contribution is -0.665. The van der Waals surface area contributed by atoms with E-state index >= 15 is 0 Å². The fourth-order valence-corrected chi connectivity index (χ4v) is 4.14. The maximum atomic E-state index is 10.7. The minimum absolute atomic E-state index is 0.102. The first-order valence-electron chi connectivity index (χ1n) is 7.14. The molecule has 0 atom stereocenters. The van der Waals surface area contributed by atoms with Crippen LogP contribution in [0.15, 0.2) is 23.1 Å². The molecule has 0 aliphatic heterocycles. The van der Waals surface area contributed by atoms with Gasteiger partial charge in [0.2, 0.25) is 5.52 Å². The van der Waals surface area contributed by atoms with E-state index in [0.717, 1.165) is 34.1 Å². The van der Waals surface area contributed by atoms with Crippen LogP contribution in [0.2, 0.25) is 0 Å². The average molecular weight is 338 g/mol. The molecule has 4 nitrogen and oxygen atoms in total. The van der Waals surface area contributed by atoms with Crippen molar-refractivity contribution in [2.24, 2.45) is 0 Å². The number of carboxylic acids is 1. The van der Waals surface area contributed by atoms with Crippen molar-refractivity contribution in [3.05, 3.63) is 28.1 Å². The summed E-state index contributed by atoms with van der Waals surface area (Å²) in [5, 5.41) is 9.97. The Morgan fingerprint density at radius 2 is 2.23 bits per heavy atom. The number of methoxy groups -OCH3 is 1. The van der Waals surface area contributed by atoms with Gasteiger partial charge in [-0.1, -0.05) is 18.3 Å². The van der Waals surface area contributed by atoms with Crippen molar-refractivity contribution < 1.29 is 19.2 Å². The molecule has 1 N–H and O–H groups in total. The molecule has 0 aliphatic carbocycles. The summed E-state index contributed by atoms with van der Waals surface area (Å²) < 4.78 is 8.74. The van der Waals surface area contributed by atoms with Gasteiger partial charge in [-0.3, -0.25) is 4.79 Å². The van der Waals surface area contributed by atoms with Crippen molar-refractivity contribution in [2.75, 3.05) is 12.9 Å². The Kier molecular flexibility index (Phi) is 5.85. The van der Waals surface area contributed by atoms with Crippen LogP contribution in [0.1, 0.15) is 25.3 Å². The second-order valence-corrected chi connectivity index (χ2v) is 6.83. The van der Waals surface area contributed by atoms with Crippen molar-refractivity contribution in [2.45, 2.75) is 26.8 Å². The Hall–Kier alpha value is -1.53. The predicted octanol–water partition coefficient (Wildman–Crippen LogP) is 3.79. The Morgan fingerprint density at radius 1 is 1.45 bits per heavy atom. The number of allylic oxidation sites excluding steroid dienone is 1. The number of carbonyl (C=O) groups is 1. The van der Waals surface area contributed by atoms with E-state index in [1.807, 2.05) is 19.1 Å². The number of thioether (sulfide) groups is 1. The number of thiazole rings is 1. The van der Waals surface area contributed by atoms with Crippen molar-refractivity contribution >= 4 is 45.4 Å². The minimum atomic E-state index is -0.784. The van der Waals surface area contributed by atoms with Crippen LogP contribution in [0.5, 0.6) is 5.75 Å². The summed E-state index contributed by atoms with van der Waals surface area (Å²) >= 11 is 3.11. The Morgan fingerprint density at radius 3 is 2.82 bits per heavy atom. The molecule has 0 spiro atoms. The number of aliphatic carboxylic acids is 1. The van der Waals surface area contributed by atoms with Crippen LogP contribution in [0.3, 0.4) is 0 Å². The third-order valence-corrected chi connectivity index (χ3v) is 5.55. The molecule has 22 heavy (non-hydrogen) atoms. The van der Waals surface area contributed by atoms with E-state index in [4.69, 9.17) is 9.84 Å². The quantitative estimate of drug-likeness (QED) is 0.781. The standard InChI is InChI=1S/C16H19NO3S2/c1-4-12(21-10-16(18)19)9-15-17(5-2)13-8-11(20-3)6-7-14(13)22-15/h6-9H,4-5,10H2,1-3H3/p+1. The summed E-state index contributed by atoms with van der Waals surface area (Å²) in [5.74, 6) is 0.164. The van der Waals surface area contributed by atoms with E-state index in [2.05, 4.69) is 23.6 Å². The first-order chi connectivity index (χ1) is 10.6. The summed E-state index contributed by atoms with van der Waals surface area (Å²) in [7, 11) is 1.67. The summed E-state index contributed by atoms with van der Waals surface area (Å²) in [4.78, 5) is 11.8. The zero-order chi connectivity index (χ0) is 16.1. The number of ether oxygens (including phenoxy) is 1. The zero-order valence-corrected chi connectivity index (χ0v) is 14.6. The van der Waals surface area contributed by atoms with E-state index in [1.165, 1.54) is 16.5 Å². The van der Waals surface area contributed by atoms with Crippen molar-refractivity contribution in [3.63, 3.8) is 0 Å². The van der Waals surface area contributed by atoms with Gasteiger partial charge >= 0.3 is 5.97 Å². The van der Waals surface area contributed by atoms with Gasteiger partial charge in [0.1, 0.15) is 17.0 Å². The van der Waals surface area contributed by atoms with Gasteiger partial charge in [0.05, 0.1) is 18.9 Å². The molecule has 0 saturated carbocycles. The van der Waals surface area contributed by atoms with Gasteiger partial charge in [0.25, 0.3) is 5.01 Å². The van der Waals surface area contributed by atoms with Crippen LogP contribution in [0, 0.1) is 0 Å². The van der Waals surface area contributed by atoms with Gasteiger partial charge in [-0.2, -0.15) is 4.57 Å². The van der Waals surface area contributed by atoms with Gasteiger partial charge in [0, 0.05) is 6.08 Å². The Labute approximate surface area is 138 Å². The van der Waals surface area contributed by atoms with Crippen LogP contribution in [0.25, 0.3) is 16.3 Å². The maximum Gasteiger partial charge on any atom is 0.313 e. The van der Waals surface area contributed by atoms with Crippen LogP contribution in [-0.4, -0.2) is 23.9 Å². The Bertz CT molecular complexity index is 707. The molecule has 2 rings (SSSR count). The summed E-state index contributed by atoms with van der Waals surface area (Å²) in [5.41, 5.74) is 1.15. The molecule has 6 heteroatoms. The number of aryl methyl sites for hydroxylation is 1. The van der Waals surface area contributed by atoms with E-state index < -0.39 is 5.97 Å². The van der Waals surface area contributed by atoms with Crippen molar-refractivity contribution in [1.82, 2.24) is 0 Å². The molecule has 0 aliphatic rings. The topological polar surface area (TPSA) is 50.4 Å². The number of fused-ring (bicyclic) bond motifs is 1. The molecule has 2 aromatic rings. The lowest BCUT2D eigenvalue weighted by Crippen LogP contribution is -2.33. The smallest absolute Gasteiger partial charge is 0.313 e. The zero-order valence-electron chi connectivity index (χ0n) is 13.0. The number of hydrogen-bond donors (Lipinski definition) is 1. The van der Waals surface area contributed by atoms with Gasteiger partial charge in [0.15, 0.2) is 0 Å². The van der Waals surface area contributed by atoms with Crippen LogP contribution in [-0.2, 0) is 11.3 Å². The lowest BCUT2D eigenvalue weighted by Gasteiger charge is -2.00. The molecule has 0 radical (unpaired) electrons. The molecular formula is C16H20NO3S2+. The van der Waals surface area contributed by atoms with E-state index in [1.54, 1.807) is 18.4 Å². The second kappa shape index (κ2) is 7.65. The first-order valence-corrected chi connectivity index (χ1v) is 8.94. The maximum absolute atomic E-state index is 10.7. The number of carboxylic acid groups (broad SMARTS) is 1. The monoisotopic (exact) mass is 338 g/mol. The fraction of sp³-hybridized carbons (Fsp3) is 0.375. The fourth-order valence-electron chi connectivity index (χ4n) is 2.18. The molecule has 1 heterocycles. The predicted molar refractivity (Wildman–Crippen MR) is 92.6 cm³/mol. The van der Waals surface area contributed by atoms with Crippen molar-refractivity contribution in [1.29, 1.82) is 0 Å². The lowest BCUT2D eigenvalue weighted by atomic mass is 10.3. The van der Waals surface area contributed by atoms with Gasteiger partial charge in [-0.15, -0.1) is 11.8 Å². The molecule has 0 fully saturated rings. The third-order valence-electron chi connectivity index (χ3n) is 3.27. The number of aromatic nitrogens is 1. The normalized spacial score (nSPS) is 11.9. The largest absolute Gasteiger partial charge is 0.497 e. The molecule has 1 aromatic carbocycles. The van der Waals surface area contributed by atoms with Gasteiger partial charge < -0.3 is 9.84 Å². The molecule has 1 aromatic heterocycles. The van der Waals surface area contributed by atoms with Gasteiger partial charge in [-0.05, 0) is 30.4 Å². The highest BCUT2D eigenvalue weighted by Gasteiger charge is 2.18. The molecule has 0 amide bonds. The summed E-state index contributed by atoms with van der Waals surface area (Å²) in [6, 6.07) is 6.08. The SMILES string of the molecule is CCC(=Cc1sc2ccc(OC)cc2[n+]1CC)SCC(=O)O. The third kappa shape index (κ3) is 3.81. The highest BCUT2D eigenvalue weighted by Crippen LogP contribution is 2.28. The highest BCUT2D eigenvalue weighted by molar-refractivity contribution is 8.03. The first kappa shape index (κ1) is 16.8. The van der Waals surface area contributed by atoms with Crippen LogP contribution >= 0.6 is 23.1 Å². The van der Waals surface area contributed by atoms with Gasteiger partial charge in [-0.25, -0.2) is 0 Å². The summed E-state index contributed by atoms with van der Waals surface area (Å²) in [6.07, 6.45) is 2.94. The van der Waals surface area contributed by atoms with Crippen LogP contribution < -0.4 is 9.30 Å². The minimum Gasteiger partial charge on any atom is -0.497 e. The molecule has 0 unspecified atom stereocenters. The van der Waals surface area contributed by atoms with E-state index in [0.29, 0.717) is 0 Å². The van der Waals surface area contributed by atoms with E-state index in [-0.39, 0.29) is 5.75 Å². The molecule has 0 saturated heterocycles. The summed E-state index contributed by atoms with van der Waals surface area (Å²) in [6.45, 7) is 5.02. The van der Waals surface area contributed by atoms with Crippen molar-refractivity contribution in [3.8, 4) is 5.75 Å². The Balaban J connectivity index is 2.43. The number of nitrogens with zero attached hydrogens (tertiary/aromatic N) is 1. The number of hydrogen-bond acceptors (Lipinski definition) is 4. The molecule has 0 bridgehead atoms. The number of benzene rings is 1. The second-order valence-electron chi connectivity index (χ2n) is 4.66. The molecular weight excluding hydrogens is 318 g/mol. The number of rotatable bonds is 7. The average Bonchev–Trinajstić information content (AvgIpc) is 2.86. The van der Waals surface area contributed by atoms with E-state index in [9.17, 15) is 4.79 Å². The highest BCUT2D eigenvalue weighted by atomic mass is 32.2. The van der Waals surface area contributed by atoms with Crippen LogP contribution in [0.4, 0.5) is 0 Å².